The first-order chi connectivity index (χ1) is 13.8. The second-order valence-corrected chi connectivity index (χ2v) is 8.06. The lowest BCUT2D eigenvalue weighted by molar-refractivity contribution is -0.121. The lowest BCUT2D eigenvalue weighted by Crippen LogP contribution is -2.24. The Bertz CT molecular complexity index is 789. The topological polar surface area (TPSA) is 58.2 Å². The second kappa shape index (κ2) is 11.6. The highest BCUT2D eigenvalue weighted by atomic mass is 32.2. The van der Waals surface area contributed by atoms with Crippen molar-refractivity contribution < 1.29 is 18.4 Å². The van der Waals surface area contributed by atoms with E-state index in [4.69, 9.17) is 0 Å². The molecule has 0 unspecified atom stereocenters. The van der Waals surface area contributed by atoms with Gasteiger partial charge in [0.05, 0.1) is 0 Å². The molecule has 4 nitrogen and oxygen atoms in total. The van der Waals surface area contributed by atoms with Crippen LogP contribution in [0.5, 0.6) is 0 Å². The maximum atomic E-state index is 13.2. The summed E-state index contributed by atoms with van der Waals surface area (Å²) < 4.78 is 26.5. The number of hydrogen-bond donors (Lipinski definition) is 2. The van der Waals surface area contributed by atoms with Gasteiger partial charge in [-0.25, -0.2) is 8.78 Å². The number of carbonyl (C=O) groups is 2. The van der Waals surface area contributed by atoms with E-state index >= 15 is 0 Å². The van der Waals surface area contributed by atoms with E-state index in [1.54, 1.807) is 49.9 Å². The Morgan fingerprint density at radius 2 is 1.21 bits per heavy atom. The van der Waals surface area contributed by atoms with E-state index < -0.39 is 0 Å². The van der Waals surface area contributed by atoms with E-state index in [1.807, 2.05) is 0 Å². The van der Waals surface area contributed by atoms with Gasteiger partial charge in [-0.15, -0.1) is 0 Å². The molecule has 0 heterocycles. The van der Waals surface area contributed by atoms with Crippen molar-refractivity contribution in [2.24, 2.45) is 0 Å². The Morgan fingerprint density at radius 1 is 0.793 bits per heavy atom. The van der Waals surface area contributed by atoms with Crippen molar-refractivity contribution in [2.45, 2.75) is 39.8 Å². The third kappa shape index (κ3) is 8.23. The van der Waals surface area contributed by atoms with Gasteiger partial charge in [0.1, 0.15) is 11.6 Å². The van der Waals surface area contributed by atoms with Crippen LogP contribution in [0.25, 0.3) is 0 Å². The molecule has 2 amide bonds. The van der Waals surface area contributed by atoms with Crippen molar-refractivity contribution in [1.82, 2.24) is 10.6 Å². The predicted octanol–water partition coefficient (Wildman–Crippen LogP) is 4.03. The number of benzene rings is 2. The molecule has 2 aromatic rings. The molecule has 0 bridgehead atoms. The summed E-state index contributed by atoms with van der Waals surface area (Å²) in [7, 11) is 0. The lowest BCUT2D eigenvalue weighted by atomic mass is 10.1. The minimum Gasteiger partial charge on any atom is -0.352 e. The zero-order chi connectivity index (χ0) is 21.2. The molecule has 0 atom stereocenters. The SMILES string of the molecule is Cc1cc(CNC(=O)CCSCCC(=O)NCc2ccc(F)c(C)c2)ccc1F. The largest absolute Gasteiger partial charge is 0.352 e. The zero-order valence-corrected chi connectivity index (χ0v) is 17.5. The van der Waals surface area contributed by atoms with Crippen LogP contribution in [0, 0.1) is 25.5 Å². The van der Waals surface area contributed by atoms with Crippen LogP contribution in [0.15, 0.2) is 36.4 Å². The van der Waals surface area contributed by atoms with Crippen molar-refractivity contribution in [1.29, 1.82) is 0 Å². The van der Waals surface area contributed by atoms with Gasteiger partial charge in [-0.2, -0.15) is 11.8 Å². The van der Waals surface area contributed by atoms with Crippen molar-refractivity contribution in [3.8, 4) is 0 Å². The van der Waals surface area contributed by atoms with Crippen LogP contribution in [-0.2, 0) is 22.7 Å². The molecular weight excluding hydrogens is 394 g/mol. The molecule has 156 valence electrons. The molecular formula is C22H26F2N2O2S. The fourth-order valence-electron chi connectivity index (χ4n) is 2.64. The predicted molar refractivity (Wildman–Crippen MR) is 113 cm³/mol. The summed E-state index contributed by atoms with van der Waals surface area (Å²) in [6.45, 7) is 4.12. The molecule has 0 aliphatic heterocycles. The summed E-state index contributed by atoms with van der Waals surface area (Å²) in [5.74, 6) is 0.588. The second-order valence-electron chi connectivity index (χ2n) is 6.83. The van der Waals surface area contributed by atoms with Crippen LogP contribution in [0.1, 0.15) is 35.1 Å². The molecule has 0 saturated carbocycles. The minimum absolute atomic E-state index is 0.0735. The fourth-order valence-corrected chi connectivity index (χ4v) is 3.51. The summed E-state index contributed by atoms with van der Waals surface area (Å²) >= 11 is 1.54. The zero-order valence-electron chi connectivity index (χ0n) is 16.7. The molecule has 0 aliphatic rings. The smallest absolute Gasteiger partial charge is 0.221 e. The molecule has 2 rings (SSSR count). The maximum Gasteiger partial charge on any atom is 0.221 e. The normalized spacial score (nSPS) is 10.6. The van der Waals surface area contributed by atoms with E-state index in [1.165, 1.54) is 12.1 Å². The monoisotopic (exact) mass is 420 g/mol. The van der Waals surface area contributed by atoms with Gasteiger partial charge < -0.3 is 10.6 Å². The van der Waals surface area contributed by atoms with E-state index in [2.05, 4.69) is 10.6 Å². The summed E-state index contributed by atoms with van der Waals surface area (Å²) in [5, 5.41) is 5.62. The average molecular weight is 421 g/mol. The molecule has 29 heavy (non-hydrogen) atoms. The third-order valence-electron chi connectivity index (χ3n) is 4.37. The van der Waals surface area contributed by atoms with E-state index in [9.17, 15) is 18.4 Å². The van der Waals surface area contributed by atoms with Gasteiger partial charge in [-0.3, -0.25) is 9.59 Å². The standard InChI is InChI=1S/C22H26F2N2O2S/c1-15-11-17(3-5-19(15)23)13-25-21(27)7-9-29-10-8-22(28)26-14-18-4-6-20(24)16(2)12-18/h3-6,11-12H,7-10,13-14H2,1-2H3,(H,25,27)(H,26,28). The summed E-state index contributed by atoms with van der Waals surface area (Å²) in [4.78, 5) is 23.7. The first-order valence-electron chi connectivity index (χ1n) is 9.46. The van der Waals surface area contributed by atoms with Gasteiger partial charge in [0, 0.05) is 37.4 Å². The number of hydrogen-bond acceptors (Lipinski definition) is 3. The van der Waals surface area contributed by atoms with Crippen molar-refractivity contribution >= 4 is 23.6 Å². The van der Waals surface area contributed by atoms with Crippen molar-refractivity contribution in [3.05, 3.63) is 70.3 Å². The Balaban J connectivity index is 1.55. The van der Waals surface area contributed by atoms with Crippen LogP contribution in [0.4, 0.5) is 8.78 Å². The number of thioether (sulfide) groups is 1. The van der Waals surface area contributed by atoms with Gasteiger partial charge in [0.2, 0.25) is 11.8 Å². The van der Waals surface area contributed by atoms with Gasteiger partial charge in [0.15, 0.2) is 0 Å². The highest BCUT2D eigenvalue weighted by Crippen LogP contribution is 2.10. The lowest BCUT2D eigenvalue weighted by Gasteiger charge is -2.08. The van der Waals surface area contributed by atoms with Crippen molar-refractivity contribution in [3.63, 3.8) is 0 Å². The molecule has 0 saturated heterocycles. The van der Waals surface area contributed by atoms with E-state index in [0.717, 1.165) is 11.1 Å². The first-order valence-corrected chi connectivity index (χ1v) is 10.6. The highest BCUT2D eigenvalue weighted by molar-refractivity contribution is 7.99. The Kier molecular flexibility index (Phi) is 9.12. The highest BCUT2D eigenvalue weighted by Gasteiger charge is 2.06. The minimum atomic E-state index is -0.256. The summed E-state index contributed by atoms with van der Waals surface area (Å²) in [6.07, 6.45) is 0.725. The molecule has 0 fully saturated rings. The Hall–Kier alpha value is -2.41. The molecule has 0 spiro atoms. The number of nitrogens with one attached hydrogen (secondary N) is 2. The van der Waals surface area contributed by atoms with Crippen LogP contribution < -0.4 is 10.6 Å². The number of aryl methyl sites for hydroxylation is 2. The van der Waals surface area contributed by atoms with Crippen LogP contribution in [0.2, 0.25) is 0 Å². The average Bonchev–Trinajstić information content (AvgIpc) is 2.69. The molecule has 7 heteroatoms. The van der Waals surface area contributed by atoms with Gasteiger partial charge >= 0.3 is 0 Å². The van der Waals surface area contributed by atoms with Gasteiger partial charge in [-0.1, -0.05) is 24.3 Å². The summed E-state index contributed by atoms with van der Waals surface area (Å²) in [5.41, 5.74) is 2.83. The van der Waals surface area contributed by atoms with Crippen LogP contribution >= 0.6 is 11.8 Å². The van der Waals surface area contributed by atoms with Crippen molar-refractivity contribution in [2.75, 3.05) is 11.5 Å². The van der Waals surface area contributed by atoms with Gasteiger partial charge in [0.25, 0.3) is 0 Å². The molecule has 0 aliphatic carbocycles. The quantitative estimate of drug-likeness (QED) is 0.571. The fraction of sp³-hybridized carbons (Fsp3) is 0.364. The van der Waals surface area contributed by atoms with E-state index in [0.29, 0.717) is 48.6 Å². The Morgan fingerprint density at radius 3 is 1.59 bits per heavy atom. The number of rotatable bonds is 10. The first kappa shape index (κ1) is 22.9. The van der Waals surface area contributed by atoms with Crippen LogP contribution in [-0.4, -0.2) is 23.3 Å². The van der Waals surface area contributed by atoms with Gasteiger partial charge in [-0.05, 0) is 48.2 Å². The molecule has 2 aromatic carbocycles. The molecule has 2 N–H and O–H groups in total. The number of carbonyl (C=O) groups excluding carboxylic acids is 2. The summed E-state index contributed by atoms with van der Waals surface area (Å²) in [6, 6.07) is 9.54. The van der Waals surface area contributed by atoms with Crippen LogP contribution in [0.3, 0.4) is 0 Å². The maximum absolute atomic E-state index is 13.2. The number of halogens is 2. The Labute approximate surface area is 174 Å². The van der Waals surface area contributed by atoms with E-state index in [-0.39, 0.29) is 23.4 Å². The number of amides is 2. The molecule has 0 aromatic heterocycles. The molecule has 0 radical (unpaired) electrons. The third-order valence-corrected chi connectivity index (χ3v) is 5.36.